The molecule has 138 valence electrons. The van der Waals surface area contributed by atoms with Crippen LogP contribution in [0.5, 0.6) is 0 Å². The van der Waals surface area contributed by atoms with Gasteiger partial charge >= 0.3 is 0 Å². The Morgan fingerprint density at radius 2 is 2.00 bits per heavy atom. The van der Waals surface area contributed by atoms with Crippen LogP contribution >= 0.6 is 0 Å². The summed E-state index contributed by atoms with van der Waals surface area (Å²) in [7, 11) is 4.50. The van der Waals surface area contributed by atoms with Crippen LogP contribution in [0.1, 0.15) is 53.7 Å². The van der Waals surface area contributed by atoms with Crippen molar-refractivity contribution >= 4 is 17.7 Å². The third-order valence-electron chi connectivity index (χ3n) is 7.56. The van der Waals surface area contributed by atoms with Crippen LogP contribution in [0.3, 0.4) is 0 Å². The summed E-state index contributed by atoms with van der Waals surface area (Å²) in [6.45, 7) is 0. The molecule has 4 saturated carbocycles. The minimum Gasteiger partial charge on any atom is -0.381 e. The number of carbonyl (C=O) groups is 1. The highest BCUT2D eigenvalue weighted by Crippen LogP contribution is 2.58. The van der Waals surface area contributed by atoms with Gasteiger partial charge in [0.1, 0.15) is 0 Å². The second-order valence-electron chi connectivity index (χ2n) is 9.14. The number of nitrogens with two attached hydrogens (primary N) is 1. The fourth-order valence-corrected chi connectivity index (χ4v) is 6.47. The summed E-state index contributed by atoms with van der Waals surface area (Å²) < 4.78 is 0. The first-order valence-corrected chi connectivity index (χ1v) is 9.89. The molecule has 1 heterocycles. The molecule has 2 atom stereocenters. The number of primary amides is 1. The zero-order chi connectivity index (χ0) is 18.1. The van der Waals surface area contributed by atoms with E-state index in [1.165, 1.54) is 32.1 Å². The lowest BCUT2D eigenvalue weighted by Gasteiger charge is -2.62. The third kappa shape index (κ3) is 2.26. The molecule has 1 amide bonds. The highest BCUT2D eigenvalue weighted by Gasteiger charge is 2.56. The molecule has 5 aliphatic rings. The van der Waals surface area contributed by atoms with E-state index in [0.29, 0.717) is 29.0 Å². The fraction of sp³-hybridized carbons (Fsp3) is 0.619. The van der Waals surface area contributed by atoms with Crippen LogP contribution in [0.15, 0.2) is 12.3 Å². The van der Waals surface area contributed by atoms with Crippen molar-refractivity contribution in [3.8, 4) is 0 Å². The summed E-state index contributed by atoms with van der Waals surface area (Å²) in [5, 5.41) is 3.82. The average Bonchev–Trinajstić information content (AvgIpc) is 3.06. The first-order valence-electron chi connectivity index (χ1n) is 9.89. The molecule has 4 fully saturated rings. The summed E-state index contributed by atoms with van der Waals surface area (Å²) in [5.74, 6) is 1.83. The van der Waals surface area contributed by atoms with Gasteiger partial charge in [0, 0.05) is 29.8 Å². The van der Waals surface area contributed by atoms with Gasteiger partial charge in [-0.25, -0.2) is 0 Å². The van der Waals surface area contributed by atoms with Gasteiger partial charge in [-0.15, -0.1) is 0 Å². The summed E-state index contributed by atoms with van der Waals surface area (Å²) in [6.07, 6.45) is 13.2. The molecule has 1 aromatic heterocycles. The Morgan fingerprint density at radius 1 is 1.27 bits per heavy atom. The largest absolute Gasteiger partial charge is 0.381 e. The molecular formula is C21H28N4O. The van der Waals surface area contributed by atoms with Gasteiger partial charge in [-0.3, -0.25) is 9.78 Å². The zero-order valence-corrected chi connectivity index (χ0v) is 15.7. The SMILES string of the molecule is CN(C)C12CC3CC(C1)C(Nc1c(C(N)=O)cnc4c1C=CC4)C(C3)C2. The molecule has 0 aromatic carbocycles. The number of nitrogens with zero attached hydrogens (tertiary/aromatic N) is 2. The van der Waals surface area contributed by atoms with E-state index in [9.17, 15) is 4.79 Å². The van der Waals surface area contributed by atoms with E-state index in [4.69, 9.17) is 5.73 Å². The number of amides is 1. The predicted molar refractivity (Wildman–Crippen MR) is 103 cm³/mol. The molecule has 6 rings (SSSR count). The molecule has 0 saturated heterocycles. The van der Waals surface area contributed by atoms with Crippen molar-refractivity contribution in [2.24, 2.45) is 23.5 Å². The van der Waals surface area contributed by atoms with Gasteiger partial charge in [-0.05, 0) is 64.0 Å². The van der Waals surface area contributed by atoms with E-state index in [1.807, 2.05) is 0 Å². The molecule has 1 aromatic rings. The van der Waals surface area contributed by atoms with Gasteiger partial charge in [0.15, 0.2) is 0 Å². The van der Waals surface area contributed by atoms with Gasteiger partial charge in [-0.2, -0.15) is 0 Å². The first-order chi connectivity index (χ1) is 12.5. The summed E-state index contributed by atoms with van der Waals surface area (Å²) in [4.78, 5) is 19.0. The second-order valence-corrected chi connectivity index (χ2v) is 9.14. The molecule has 2 unspecified atom stereocenters. The van der Waals surface area contributed by atoms with Crippen LogP contribution in [-0.2, 0) is 6.42 Å². The Morgan fingerprint density at radius 3 is 2.65 bits per heavy atom. The van der Waals surface area contributed by atoms with Crippen LogP contribution in [-0.4, -0.2) is 41.5 Å². The van der Waals surface area contributed by atoms with Crippen LogP contribution in [0.2, 0.25) is 0 Å². The van der Waals surface area contributed by atoms with E-state index in [-0.39, 0.29) is 0 Å². The van der Waals surface area contributed by atoms with Gasteiger partial charge in [0.05, 0.1) is 16.9 Å². The summed E-state index contributed by atoms with van der Waals surface area (Å²) in [6, 6.07) is 0.443. The number of rotatable bonds is 4. The number of pyridine rings is 1. The van der Waals surface area contributed by atoms with Crippen LogP contribution in [0.25, 0.3) is 6.08 Å². The zero-order valence-electron chi connectivity index (χ0n) is 15.7. The van der Waals surface area contributed by atoms with E-state index in [0.717, 1.165) is 29.3 Å². The molecule has 4 bridgehead atoms. The number of hydrogen-bond acceptors (Lipinski definition) is 4. The van der Waals surface area contributed by atoms with E-state index in [1.54, 1.807) is 6.20 Å². The molecule has 3 N–H and O–H groups in total. The number of allylic oxidation sites excluding steroid dienone is 1. The number of nitrogens with one attached hydrogen (secondary N) is 1. The lowest BCUT2D eigenvalue weighted by molar-refractivity contribution is -0.0770. The Hall–Kier alpha value is -1.88. The van der Waals surface area contributed by atoms with E-state index >= 15 is 0 Å². The predicted octanol–water partition coefficient (Wildman–Crippen LogP) is 2.67. The number of fused-ring (bicyclic) bond motifs is 1. The van der Waals surface area contributed by atoms with Crippen LogP contribution in [0, 0.1) is 17.8 Å². The molecule has 5 nitrogen and oxygen atoms in total. The van der Waals surface area contributed by atoms with Gasteiger partial charge < -0.3 is 16.0 Å². The monoisotopic (exact) mass is 352 g/mol. The lowest BCUT2D eigenvalue weighted by atomic mass is 9.50. The maximum absolute atomic E-state index is 12.0. The van der Waals surface area contributed by atoms with Crippen LogP contribution < -0.4 is 11.1 Å². The van der Waals surface area contributed by atoms with Crippen molar-refractivity contribution in [1.82, 2.24) is 9.88 Å². The maximum atomic E-state index is 12.0. The number of hydrogen-bond donors (Lipinski definition) is 2. The van der Waals surface area contributed by atoms with Crippen LogP contribution in [0.4, 0.5) is 5.69 Å². The van der Waals surface area contributed by atoms with Crippen molar-refractivity contribution in [2.45, 2.75) is 50.1 Å². The third-order valence-corrected chi connectivity index (χ3v) is 7.56. The van der Waals surface area contributed by atoms with Gasteiger partial charge in [0.2, 0.25) is 0 Å². The van der Waals surface area contributed by atoms with Gasteiger partial charge in [0.25, 0.3) is 5.91 Å². The number of anilines is 1. The average molecular weight is 352 g/mol. The smallest absolute Gasteiger partial charge is 0.252 e. The Kier molecular flexibility index (Phi) is 3.48. The Bertz CT molecular complexity index is 783. The normalized spacial score (nSPS) is 36.6. The molecule has 0 radical (unpaired) electrons. The summed E-state index contributed by atoms with van der Waals surface area (Å²) in [5.41, 5.74) is 9.63. The maximum Gasteiger partial charge on any atom is 0.252 e. The summed E-state index contributed by atoms with van der Waals surface area (Å²) >= 11 is 0. The minimum atomic E-state index is -0.392. The second kappa shape index (κ2) is 5.56. The van der Waals surface area contributed by atoms with Crippen molar-refractivity contribution in [2.75, 3.05) is 19.4 Å². The van der Waals surface area contributed by atoms with Gasteiger partial charge in [-0.1, -0.05) is 12.2 Å². The van der Waals surface area contributed by atoms with Crippen molar-refractivity contribution < 1.29 is 4.79 Å². The van der Waals surface area contributed by atoms with E-state index in [2.05, 4.69) is 41.4 Å². The van der Waals surface area contributed by atoms with Crippen molar-refractivity contribution in [1.29, 1.82) is 0 Å². The Labute approximate surface area is 155 Å². The molecule has 5 heteroatoms. The first kappa shape index (κ1) is 16.3. The molecule has 0 spiro atoms. The van der Waals surface area contributed by atoms with Crippen molar-refractivity contribution in [3.05, 3.63) is 29.1 Å². The van der Waals surface area contributed by atoms with Crippen molar-refractivity contribution in [3.63, 3.8) is 0 Å². The molecule has 0 aliphatic heterocycles. The fourth-order valence-electron chi connectivity index (χ4n) is 6.47. The highest BCUT2D eigenvalue weighted by atomic mass is 16.1. The topological polar surface area (TPSA) is 71.2 Å². The number of aromatic nitrogens is 1. The molecule has 26 heavy (non-hydrogen) atoms. The standard InChI is InChI=1S/C21H28N4O/c1-25(2)21-8-12-6-13(9-21)18(14(7-12)10-21)24-19-15-4-3-5-17(15)23-11-16(19)20(22)26/h3-4,11-14,18H,5-10H2,1-2H3,(H2,22,26)(H,23,24). The molecule has 5 aliphatic carbocycles. The lowest BCUT2D eigenvalue weighted by Crippen LogP contribution is -2.63. The minimum absolute atomic E-state index is 0.390. The Balaban J connectivity index is 1.50. The quantitative estimate of drug-likeness (QED) is 0.874. The highest BCUT2D eigenvalue weighted by molar-refractivity contribution is 6.00. The number of carbonyl (C=O) groups excluding carboxylic acids is 1. The van der Waals surface area contributed by atoms with E-state index < -0.39 is 5.91 Å². The molecular weight excluding hydrogens is 324 g/mol.